The zero-order chi connectivity index (χ0) is 18.8. The predicted octanol–water partition coefficient (Wildman–Crippen LogP) is 3.65. The molecular formula is C19H16N6OS. The van der Waals surface area contributed by atoms with E-state index < -0.39 is 0 Å². The van der Waals surface area contributed by atoms with E-state index in [2.05, 4.69) is 57.4 Å². The van der Waals surface area contributed by atoms with E-state index in [1.807, 2.05) is 5.38 Å². The molecule has 8 heteroatoms. The number of amides is 1. The minimum atomic E-state index is -0.250. The lowest BCUT2D eigenvalue weighted by atomic mass is 10.0. The van der Waals surface area contributed by atoms with Gasteiger partial charge in [-0.2, -0.15) is 5.10 Å². The zero-order valence-corrected chi connectivity index (χ0v) is 15.6. The number of aryl methyl sites for hydroxylation is 2. The summed E-state index contributed by atoms with van der Waals surface area (Å²) in [4.78, 5) is 25.2. The number of carbonyl (C=O) groups is 1. The molecule has 0 unspecified atom stereocenters. The summed E-state index contributed by atoms with van der Waals surface area (Å²) in [6.07, 6.45) is 4.51. The Morgan fingerprint density at radius 3 is 2.85 bits per heavy atom. The smallest absolute Gasteiger partial charge is 0.257 e. The number of nitrogens with zero attached hydrogens (tertiary/aromatic N) is 5. The van der Waals surface area contributed by atoms with Crippen LogP contribution < -0.4 is 5.32 Å². The SMILES string of the molecule is Cc1ccc(-c2csc(NC(=O)c3ccnc(-n4cncn4)c3)n2)c(C)c1. The predicted molar refractivity (Wildman–Crippen MR) is 104 cm³/mol. The van der Waals surface area contributed by atoms with Gasteiger partial charge in [-0.15, -0.1) is 11.3 Å². The third-order valence-electron chi connectivity index (χ3n) is 4.04. The Bertz CT molecular complexity index is 1100. The summed E-state index contributed by atoms with van der Waals surface area (Å²) in [5.74, 6) is 0.274. The van der Waals surface area contributed by atoms with Crippen molar-refractivity contribution in [2.24, 2.45) is 0 Å². The molecule has 134 valence electrons. The van der Waals surface area contributed by atoms with E-state index in [0.717, 1.165) is 16.8 Å². The molecule has 0 saturated carbocycles. The van der Waals surface area contributed by atoms with Gasteiger partial charge in [-0.3, -0.25) is 10.1 Å². The lowest BCUT2D eigenvalue weighted by Gasteiger charge is -2.05. The highest BCUT2D eigenvalue weighted by molar-refractivity contribution is 7.14. The number of pyridine rings is 1. The first kappa shape index (κ1) is 17.0. The van der Waals surface area contributed by atoms with Crippen molar-refractivity contribution in [1.82, 2.24) is 24.7 Å². The van der Waals surface area contributed by atoms with Crippen molar-refractivity contribution in [2.45, 2.75) is 13.8 Å². The number of thiazole rings is 1. The van der Waals surface area contributed by atoms with E-state index in [0.29, 0.717) is 16.5 Å². The van der Waals surface area contributed by atoms with Gasteiger partial charge in [-0.05, 0) is 31.5 Å². The summed E-state index contributed by atoms with van der Waals surface area (Å²) in [6, 6.07) is 9.54. The van der Waals surface area contributed by atoms with E-state index in [-0.39, 0.29) is 5.91 Å². The molecule has 0 atom stereocenters. The third kappa shape index (κ3) is 3.61. The van der Waals surface area contributed by atoms with Gasteiger partial charge in [-0.25, -0.2) is 19.6 Å². The zero-order valence-electron chi connectivity index (χ0n) is 14.7. The highest BCUT2D eigenvalue weighted by atomic mass is 32.1. The molecule has 0 spiro atoms. The summed E-state index contributed by atoms with van der Waals surface area (Å²) >= 11 is 1.40. The Hall–Kier alpha value is -3.39. The molecule has 4 rings (SSSR count). The van der Waals surface area contributed by atoms with Gasteiger partial charge in [0.05, 0.1) is 5.69 Å². The summed E-state index contributed by atoms with van der Waals surface area (Å²) in [5, 5.41) is 9.37. The second-order valence-electron chi connectivity index (χ2n) is 6.05. The number of hydrogen-bond donors (Lipinski definition) is 1. The van der Waals surface area contributed by atoms with Gasteiger partial charge in [0.2, 0.25) is 0 Å². The summed E-state index contributed by atoms with van der Waals surface area (Å²) in [6.45, 7) is 4.12. The average molecular weight is 376 g/mol. The lowest BCUT2D eigenvalue weighted by Crippen LogP contribution is -2.12. The largest absolute Gasteiger partial charge is 0.298 e. The van der Waals surface area contributed by atoms with E-state index in [4.69, 9.17) is 0 Å². The molecule has 1 amide bonds. The van der Waals surface area contributed by atoms with Gasteiger partial charge in [0.25, 0.3) is 5.91 Å². The average Bonchev–Trinajstić information content (AvgIpc) is 3.34. The molecule has 0 saturated heterocycles. The normalized spacial score (nSPS) is 10.7. The summed E-state index contributed by atoms with van der Waals surface area (Å²) in [7, 11) is 0. The van der Waals surface area contributed by atoms with E-state index in [1.165, 1.54) is 34.2 Å². The van der Waals surface area contributed by atoms with Crippen LogP contribution in [0.15, 0.2) is 54.6 Å². The molecule has 1 aromatic carbocycles. The van der Waals surface area contributed by atoms with Crippen LogP contribution >= 0.6 is 11.3 Å². The molecule has 0 bridgehead atoms. The Labute approximate surface area is 159 Å². The fourth-order valence-electron chi connectivity index (χ4n) is 2.74. The quantitative estimate of drug-likeness (QED) is 0.587. The monoisotopic (exact) mass is 376 g/mol. The van der Waals surface area contributed by atoms with E-state index in [9.17, 15) is 4.79 Å². The molecule has 4 aromatic rings. The second kappa shape index (κ2) is 7.08. The van der Waals surface area contributed by atoms with Gasteiger partial charge in [0.1, 0.15) is 12.7 Å². The fourth-order valence-corrected chi connectivity index (χ4v) is 3.44. The van der Waals surface area contributed by atoms with Crippen LogP contribution in [0, 0.1) is 13.8 Å². The van der Waals surface area contributed by atoms with E-state index in [1.54, 1.807) is 18.3 Å². The van der Waals surface area contributed by atoms with Crippen LogP contribution in [-0.2, 0) is 0 Å². The molecule has 0 aliphatic rings. The molecule has 0 radical (unpaired) electrons. The number of hydrogen-bond acceptors (Lipinski definition) is 6. The Morgan fingerprint density at radius 2 is 2.07 bits per heavy atom. The Kier molecular flexibility index (Phi) is 4.47. The van der Waals surface area contributed by atoms with Crippen LogP contribution in [0.1, 0.15) is 21.5 Å². The minimum absolute atomic E-state index is 0.250. The molecule has 0 fully saturated rings. The van der Waals surface area contributed by atoms with Crippen molar-refractivity contribution >= 4 is 22.4 Å². The maximum atomic E-state index is 12.6. The number of aromatic nitrogens is 5. The highest BCUT2D eigenvalue weighted by Crippen LogP contribution is 2.28. The van der Waals surface area contributed by atoms with Gasteiger partial charge >= 0.3 is 0 Å². The number of rotatable bonds is 4. The van der Waals surface area contributed by atoms with E-state index >= 15 is 0 Å². The van der Waals surface area contributed by atoms with Gasteiger partial charge in [0.15, 0.2) is 10.9 Å². The Morgan fingerprint density at radius 1 is 1.19 bits per heavy atom. The second-order valence-corrected chi connectivity index (χ2v) is 6.91. The standard InChI is InChI=1S/C19H16N6OS/c1-12-3-4-15(13(2)7-12)16-9-27-19(23-16)24-18(26)14-5-6-21-17(8-14)25-11-20-10-22-25/h3-11H,1-2H3,(H,23,24,26). The van der Waals surface area contributed by atoms with Gasteiger partial charge in [0, 0.05) is 22.7 Å². The van der Waals surface area contributed by atoms with Crippen LogP contribution in [0.2, 0.25) is 0 Å². The minimum Gasteiger partial charge on any atom is -0.298 e. The third-order valence-corrected chi connectivity index (χ3v) is 4.80. The van der Waals surface area contributed by atoms with Gasteiger partial charge in [-0.1, -0.05) is 23.8 Å². The van der Waals surface area contributed by atoms with Crippen LogP contribution in [0.3, 0.4) is 0 Å². The Balaban J connectivity index is 1.54. The van der Waals surface area contributed by atoms with Crippen molar-refractivity contribution in [2.75, 3.05) is 5.32 Å². The molecule has 27 heavy (non-hydrogen) atoms. The summed E-state index contributed by atoms with van der Waals surface area (Å²) in [5.41, 5.74) is 4.75. The topological polar surface area (TPSA) is 85.6 Å². The first-order valence-electron chi connectivity index (χ1n) is 8.26. The van der Waals surface area contributed by atoms with Crippen molar-refractivity contribution in [3.05, 3.63) is 71.3 Å². The van der Waals surface area contributed by atoms with Crippen molar-refractivity contribution < 1.29 is 4.79 Å². The van der Waals surface area contributed by atoms with Crippen LogP contribution in [0.5, 0.6) is 0 Å². The number of nitrogens with one attached hydrogen (secondary N) is 1. The molecular weight excluding hydrogens is 360 g/mol. The molecule has 3 aromatic heterocycles. The summed E-state index contributed by atoms with van der Waals surface area (Å²) < 4.78 is 1.50. The van der Waals surface area contributed by atoms with Gasteiger partial charge < -0.3 is 0 Å². The van der Waals surface area contributed by atoms with Crippen molar-refractivity contribution in [3.8, 4) is 17.1 Å². The molecule has 1 N–H and O–H groups in total. The molecule has 0 aliphatic carbocycles. The number of benzene rings is 1. The number of anilines is 1. The molecule has 3 heterocycles. The highest BCUT2D eigenvalue weighted by Gasteiger charge is 2.12. The maximum absolute atomic E-state index is 12.6. The molecule has 0 aliphatic heterocycles. The number of carbonyl (C=O) groups excluding carboxylic acids is 1. The maximum Gasteiger partial charge on any atom is 0.257 e. The van der Waals surface area contributed by atoms with Crippen LogP contribution in [0.4, 0.5) is 5.13 Å². The first-order valence-corrected chi connectivity index (χ1v) is 9.14. The fraction of sp³-hybridized carbons (Fsp3) is 0.105. The van der Waals surface area contributed by atoms with Crippen molar-refractivity contribution in [1.29, 1.82) is 0 Å². The molecule has 7 nitrogen and oxygen atoms in total. The van der Waals surface area contributed by atoms with Crippen molar-refractivity contribution in [3.63, 3.8) is 0 Å². The lowest BCUT2D eigenvalue weighted by molar-refractivity contribution is 0.102. The van der Waals surface area contributed by atoms with Crippen LogP contribution in [0.25, 0.3) is 17.1 Å². The first-order chi connectivity index (χ1) is 13.1. The van der Waals surface area contributed by atoms with Crippen LogP contribution in [-0.4, -0.2) is 30.6 Å².